The molecule has 1 spiro atoms. The number of esters is 1. The molecule has 3 rings (SSSR count). The van der Waals surface area contributed by atoms with E-state index in [0.717, 1.165) is 19.5 Å². The van der Waals surface area contributed by atoms with Gasteiger partial charge in [-0.25, -0.2) is 0 Å². The quantitative estimate of drug-likeness (QED) is 0.869. The maximum atomic E-state index is 12.2. The van der Waals surface area contributed by atoms with Crippen molar-refractivity contribution in [3.8, 4) is 0 Å². The molecule has 3 nitrogen and oxygen atoms in total. The Kier molecular flexibility index (Phi) is 4.03. The van der Waals surface area contributed by atoms with Gasteiger partial charge in [0, 0.05) is 0 Å². The van der Waals surface area contributed by atoms with Crippen molar-refractivity contribution in [2.24, 2.45) is 5.92 Å². The van der Waals surface area contributed by atoms with E-state index >= 15 is 0 Å². The van der Waals surface area contributed by atoms with Gasteiger partial charge in [0.05, 0.1) is 12.5 Å². The van der Waals surface area contributed by atoms with Crippen LogP contribution in [0.3, 0.4) is 0 Å². The van der Waals surface area contributed by atoms with Gasteiger partial charge in [-0.1, -0.05) is 31.2 Å². The highest BCUT2D eigenvalue weighted by Gasteiger charge is 2.46. The molecule has 0 radical (unpaired) electrons. The van der Waals surface area contributed by atoms with Crippen LogP contribution >= 0.6 is 0 Å². The molecular formula is C18H25NO2. The zero-order chi connectivity index (χ0) is 14.9. The molecule has 2 atom stereocenters. The summed E-state index contributed by atoms with van der Waals surface area (Å²) in [5.41, 5.74) is 3.13. The maximum absolute atomic E-state index is 12.2. The molecule has 2 unspecified atom stereocenters. The number of rotatable bonds is 3. The first-order valence-electron chi connectivity index (χ1n) is 8.15. The minimum atomic E-state index is -0.0552. The number of benzene rings is 1. The minimum absolute atomic E-state index is 0.0525. The molecule has 2 aliphatic rings. The fourth-order valence-corrected chi connectivity index (χ4v) is 4.21. The van der Waals surface area contributed by atoms with Gasteiger partial charge in [0.2, 0.25) is 0 Å². The fourth-order valence-electron chi connectivity index (χ4n) is 4.21. The molecule has 21 heavy (non-hydrogen) atoms. The molecule has 1 aromatic carbocycles. The summed E-state index contributed by atoms with van der Waals surface area (Å²) in [4.78, 5) is 12.2. The smallest absolute Gasteiger partial charge is 0.309 e. The Labute approximate surface area is 127 Å². The summed E-state index contributed by atoms with van der Waals surface area (Å²) < 4.78 is 5.26. The Hall–Kier alpha value is -1.35. The van der Waals surface area contributed by atoms with Gasteiger partial charge in [-0.05, 0) is 61.7 Å². The largest absolute Gasteiger partial charge is 0.466 e. The number of fused-ring (bicyclic) bond motifs is 2. The first-order chi connectivity index (χ1) is 10.2. The molecule has 1 saturated heterocycles. The summed E-state index contributed by atoms with van der Waals surface area (Å²) in [7, 11) is 0. The first-order valence-corrected chi connectivity index (χ1v) is 8.15. The Morgan fingerprint density at radius 2 is 2.10 bits per heavy atom. The van der Waals surface area contributed by atoms with Crippen LogP contribution in [0.25, 0.3) is 0 Å². The highest BCUT2D eigenvalue weighted by atomic mass is 16.5. The lowest BCUT2D eigenvalue weighted by Gasteiger charge is -2.35. The van der Waals surface area contributed by atoms with Crippen LogP contribution < -0.4 is 5.32 Å². The van der Waals surface area contributed by atoms with Crippen LogP contribution in [0, 0.1) is 5.92 Å². The van der Waals surface area contributed by atoms with Crippen molar-refractivity contribution in [1.29, 1.82) is 0 Å². The second kappa shape index (κ2) is 5.80. The van der Waals surface area contributed by atoms with E-state index < -0.39 is 0 Å². The molecule has 1 aliphatic heterocycles. The van der Waals surface area contributed by atoms with Gasteiger partial charge in [-0.3, -0.25) is 4.79 Å². The standard InChI is InChI=1S/C18H25NO2/c1-3-21-17(20)13(2)15-12-18(8-10-19-11-9-18)16-7-5-4-6-14(15)16/h4-7,13,15,19H,3,8-12H2,1-2H3. The lowest BCUT2D eigenvalue weighted by Crippen LogP contribution is -2.38. The van der Waals surface area contributed by atoms with E-state index in [1.807, 2.05) is 13.8 Å². The zero-order valence-corrected chi connectivity index (χ0v) is 13.0. The summed E-state index contributed by atoms with van der Waals surface area (Å²) in [5, 5.41) is 3.46. The summed E-state index contributed by atoms with van der Waals surface area (Å²) in [6.45, 7) is 6.53. The molecule has 1 aromatic rings. The van der Waals surface area contributed by atoms with Gasteiger partial charge in [0.25, 0.3) is 0 Å². The molecule has 1 fully saturated rings. The van der Waals surface area contributed by atoms with E-state index in [9.17, 15) is 4.79 Å². The molecule has 1 N–H and O–H groups in total. The fraction of sp³-hybridized carbons (Fsp3) is 0.611. The number of hydrogen-bond acceptors (Lipinski definition) is 3. The van der Waals surface area contributed by atoms with Gasteiger partial charge in [-0.15, -0.1) is 0 Å². The van der Waals surface area contributed by atoms with Crippen LogP contribution in [-0.4, -0.2) is 25.7 Å². The Morgan fingerprint density at radius 1 is 1.38 bits per heavy atom. The third-order valence-electron chi connectivity index (χ3n) is 5.36. The van der Waals surface area contributed by atoms with E-state index in [-0.39, 0.29) is 17.3 Å². The van der Waals surface area contributed by atoms with Crippen LogP contribution in [0.5, 0.6) is 0 Å². The maximum Gasteiger partial charge on any atom is 0.309 e. The van der Waals surface area contributed by atoms with E-state index in [0.29, 0.717) is 12.5 Å². The highest BCUT2D eigenvalue weighted by molar-refractivity contribution is 5.74. The normalized spacial score (nSPS) is 24.6. The lowest BCUT2D eigenvalue weighted by atomic mass is 9.73. The monoisotopic (exact) mass is 287 g/mol. The van der Waals surface area contributed by atoms with E-state index in [2.05, 4.69) is 29.6 Å². The highest BCUT2D eigenvalue weighted by Crippen LogP contribution is 2.53. The lowest BCUT2D eigenvalue weighted by molar-refractivity contribution is -0.148. The summed E-state index contributed by atoms with van der Waals surface area (Å²) >= 11 is 0. The van der Waals surface area contributed by atoms with Crippen molar-refractivity contribution in [3.05, 3.63) is 35.4 Å². The summed E-state index contributed by atoms with van der Waals surface area (Å²) in [5.74, 6) is 0.196. The molecule has 0 saturated carbocycles. The van der Waals surface area contributed by atoms with E-state index in [4.69, 9.17) is 4.74 Å². The van der Waals surface area contributed by atoms with Gasteiger partial charge in [0.1, 0.15) is 0 Å². The number of hydrogen-bond donors (Lipinski definition) is 1. The average Bonchev–Trinajstić information content (AvgIpc) is 2.82. The topological polar surface area (TPSA) is 38.3 Å². The molecule has 3 heteroatoms. The van der Waals surface area contributed by atoms with Crippen LogP contribution in [-0.2, 0) is 14.9 Å². The summed E-state index contributed by atoms with van der Waals surface area (Å²) in [6.07, 6.45) is 3.44. The third-order valence-corrected chi connectivity index (χ3v) is 5.36. The van der Waals surface area contributed by atoms with Crippen LogP contribution in [0.2, 0.25) is 0 Å². The molecule has 0 aromatic heterocycles. The zero-order valence-electron chi connectivity index (χ0n) is 13.0. The van der Waals surface area contributed by atoms with E-state index in [1.165, 1.54) is 24.0 Å². The number of carbonyl (C=O) groups is 1. The van der Waals surface area contributed by atoms with Gasteiger partial charge < -0.3 is 10.1 Å². The average molecular weight is 287 g/mol. The second-order valence-corrected chi connectivity index (χ2v) is 6.47. The van der Waals surface area contributed by atoms with Crippen molar-refractivity contribution in [2.45, 2.75) is 44.4 Å². The van der Waals surface area contributed by atoms with Gasteiger partial charge >= 0.3 is 5.97 Å². The Morgan fingerprint density at radius 3 is 2.81 bits per heavy atom. The third kappa shape index (κ3) is 2.48. The molecule has 1 aliphatic carbocycles. The van der Waals surface area contributed by atoms with Crippen molar-refractivity contribution in [2.75, 3.05) is 19.7 Å². The molecular weight excluding hydrogens is 262 g/mol. The SMILES string of the molecule is CCOC(=O)C(C)C1CC2(CCNCC2)c2ccccc21. The van der Waals surface area contributed by atoms with Crippen molar-refractivity contribution >= 4 is 5.97 Å². The van der Waals surface area contributed by atoms with Crippen molar-refractivity contribution in [3.63, 3.8) is 0 Å². The van der Waals surface area contributed by atoms with E-state index in [1.54, 1.807) is 0 Å². The van der Waals surface area contributed by atoms with Crippen LogP contribution in [0.1, 0.15) is 50.2 Å². The van der Waals surface area contributed by atoms with Crippen LogP contribution in [0.4, 0.5) is 0 Å². The number of nitrogens with one attached hydrogen (secondary N) is 1. The molecule has 1 heterocycles. The van der Waals surface area contributed by atoms with Crippen molar-refractivity contribution < 1.29 is 9.53 Å². The Bertz CT molecular complexity index is 520. The predicted molar refractivity (Wildman–Crippen MR) is 83.4 cm³/mol. The predicted octanol–water partition coefficient (Wildman–Crippen LogP) is 2.99. The second-order valence-electron chi connectivity index (χ2n) is 6.47. The summed E-state index contributed by atoms with van der Waals surface area (Å²) in [6, 6.07) is 8.73. The number of ether oxygens (including phenoxy) is 1. The number of piperidine rings is 1. The Balaban J connectivity index is 1.92. The molecule has 0 amide bonds. The van der Waals surface area contributed by atoms with Crippen molar-refractivity contribution in [1.82, 2.24) is 5.32 Å². The molecule has 114 valence electrons. The van der Waals surface area contributed by atoms with Gasteiger partial charge in [-0.2, -0.15) is 0 Å². The van der Waals surface area contributed by atoms with Crippen LogP contribution in [0.15, 0.2) is 24.3 Å². The first kappa shape index (κ1) is 14.6. The number of carbonyl (C=O) groups excluding carboxylic acids is 1. The molecule has 0 bridgehead atoms. The van der Waals surface area contributed by atoms with Gasteiger partial charge in [0.15, 0.2) is 0 Å². The minimum Gasteiger partial charge on any atom is -0.466 e.